The van der Waals surface area contributed by atoms with Crippen LogP contribution in [0.25, 0.3) is 11.7 Å². The van der Waals surface area contributed by atoms with Gasteiger partial charge in [-0.05, 0) is 36.2 Å². The van der Waals surface area contributed by atoms with Crippen LogP contribution in [0.15, 0.2) is 56.7 Å². The molecule has 7 heteroatoms. The van der Waals surface area contributed by atoms with Crippen LogP contribution in [-0.2, 0) is 6.42 Å². The van der Waals surface area contributed by atoms with E-state index in [9.17, 15) is 5.11 Å². The minimum Gasteiger partial charge on any atom is -0.491 e. The van der Waals surface area contributed by atoms with Crippen molar-refractivity contribution in [3.05, 3.63) is 48.2 Å². The lowest BCUT2D eigenvalue weighted by Crippen LogP contribution is -2.20. The maximum atomic E-state index is 10.0. The second kappa shape index (κ2) is 8.03. The van der Waals surface area contributed by atoms with Crippen molar-refractivity contribution >= 4 is 11.8 Å². The highest BCUT2D eigenvalue weighted by Crippen LogP contribution is 2.24. The molecule has 0 unspecified atom stereocenters. The van der Waals surface area contributed by atoms with Gasteiger partial charge in [-0.15, -0.1) is 10.2 Å². The summed E-state index contributed by atoms with van der Waals surface area (Å²) >= 11 is 1.28. The quantitative estimate of drug-likeness (QED) is 0.626. The number of aryl methyl sites for hydroxylation is 1. The van der Waals surface area contributed by atoms with E-state index in [1.807, 2.05) is 24.3 Å². The number of ether oxygens (including phenoxy) is 1. The van der Waals surface area contributed by atoms with E-state index in [0.29, 0.717) is 22.6 Å². The zero-order chi connectivity index (χ0) is 16.8. The Bertz CT molecular complexity index is 740. The number of furan rings is 1. The molecule has 2 heterocycles. The van der Waals surface area contributed by atoms with Crippen molar-refractivity contribution in [3.63, 3.8) is 0 Å². The van der Waals surface area contributed by atoms with E-state index in [-0.39, 0.29) is 6.61 Å². The van der Waals surface area contributed by atoms with Crippen LogP contribution < -0.4 is 4.74 Å². The smallest absolute Gasteiger partial charge is 0.284 e. The Labute approximate surface area is 143 Å². The minimum atomic E-state index is -0.639. The summed E-state index contributed by atoms with van der Waals surface area (Å²) in [5.41, 5.74) is 1.25. The normalized spacial score (nSPS) is 12.2. The van der Waals surface area contributed by atoms with Crippen molar-refractivity contribution in [2.24, 2.45) is 0 Å². The predicted octanol–water partition coefficient (Wildman–Crippen LogP) is 3.42. The molecule has 0 aliphatic carbocycles. The number of aliphatic hydroxyl groups excluding tert-OH is 1. The van der Waals surface area contributed by atoms with Gasteiger partial charge in [0.1, 0.15) is 12.4 Å². The molecule has 2 aromatic heterocycles. The summed E-state index contributed by atoms with van der Waals surface area (Å²) in [5, 5.41) is 18.2. The van der Waals surface area contributed by atoms with Gasteiger partial charge in [-0.3, -0.25) is 0 Å². The summed E-state index contributed by atoms with van der Waals surface area (Å²) in [5.74, 6) is 1.99. The van der Waals surface area contributed by atoms with Crippen LogP contribution in [-0.4, -0.2) is 33.8 Å². The highest BCUT2D eigenvalue weighted by atomic mass is 32.2. The van der Waals surface area contributed by atoms with Gasteiger partial charge in [0, 0.05) is 5.75 Å². The number of nitrogens with zero attached hydrogens (tertiary/aromatic N) is 2. The van der Waals surface area contributed by atoms with Gasteiger partial charge in [0.15, 0.2) is 5.76 Å². The fourth-order valence-corrected chi connectivity index (χ4v) is 2.66. The number of aliphatic hydroxyl groups is 1. The fraction of sp³-hybridized carbons (Fsp3) is 0.294. The molecule has 0 radical (unpaired) electrons. The first-order valence-electron chi connectivity index (χ1n) is 7.64. The van der Waals surface area contributed by atoms with E-state index in [1.54, 1.807) is 18.4 Å². The van der Waals surface area contributed by atoms with Crippen molar-refractivity contribution in [2.45, 2.75) is 24.7 Å². The van der Waals surface area contributed by atoms with Crippen LogP contribution in [0.5, 0.6) is 5.75 Å². The number of aromatic nitrogens is 2. The summed E-state index contributed by atoms with van der Waals surface area (Å²) in [6.45, 7) is 2.31. The van der Waals surface area contributed by atoms with E-state index in [2.05, 4.69) is 17.1 Å². The first kappa shape index (κ1) is 16.6. The molecule has 0 spiro atoms. The lowest BCUT2D eigenvalue weighted by atomic mass is 10.2. The molecule has 0 saturated heterocycles. The molecule has 0 aliphatic rings. The van der Waals surface area contributed by atoms with Crippen LogP contribution in [0.4, 0.5) is 0 Å². The monoisotopic (exact) mass is 346 g/mol. The molecule has 3 rings (SSSR count). The fourth-order valence-electron chi connectivity index (χ4n) is 2.00. The van der Waals surface area contributed by atoms with Gasteiger partial charge in [0.2, 0.25) is 0 Å². The van der Waals surface area contributed by atoms with Crippen LogP contribution >= 0.6 is 11.8 Å². The number of hydrogen-bond acceptors (Lipinski definition) is 7. The lowest BCUT2D eigenvalue weighted by Gasteiger charge is -2.11. The summed E-state index contributed by atoms with van der Waals surface area (Å²) in [7, 11) is 0. The third-order valence-corrected chi connectivity index (χ3v) is 4.27. The Morgan fingerprint density at radius 1 is 1.21 bits per heavy atom. The van der Waals surface area contributed by atoms with E-state index in [1.165, 1.54) is 17.3 Å². The highest BCUT2D eigenvalue weighted by molar-refractivity contribution is 7.99. The van der Waals surface area contributed by atoms with E-state index < -0.39 is 6.10 Å². The second-order valence-corrected chi connectivity index (χ2v) is 6.10. The van der Waals surface area contributed by atoms with Gasteiger partial charge in [-0.25, -0.2) is 0 Å². The Morgan fingerprint density at radius 2 is 2.04 bits per heavy atom. The first-order chi connectivity index (χ1) is 11.7. The first-order valence-corrected chi connectivity index (χ1v) is 8.63. The molecule has 1 N–H and O–H groups in total. The molecule has 0 fully saturated rings. The molecular formula is C17H18N2O4S. The van der Waals surface area contributed by atoms with Gasteiger partial charge in [0.25, 0.3) is 11.1 Å². The zero-order valence-corrected chi connectivity index (χ0v) is 14.0. The van der Waals surface area contributed by atoms with Crippen molar-refractivity contribution in [3.8, 4) is 17.4 Å². The SMILES string of the molecule is CCc1ccc(OC[C@H](O)CSc2nnc(-c3ccco3)o2)cc1. The molecule has 1 atom stereocenters. The van der Waals surface area contributed by atoms with Crippen LogP contribution in [0.3, 0.4) is 0 Å². The third-order valence-electron chi connectivity index (χ3n) is 3.31. The highest BCUT2D eigenvalue weighted by Gasteiger charge is 2.13. The molecule has 0 amide bonds. The average molecular weight is 346 g/mol. The summed E-state index contributed by atoms with van der Waals surface area (Å²) in [6, 6.07) is 11.4. The molecule has 24 heavy (non-hydrogen) atoms. The van der Waals surface area contributed by atoms with Gasteiger partial charge in [0.05, 0.1) is 12.4 Å². The number of rotatable bonds is 8. The minimum absolute atomic E-state index is 0.206. The number of hydrogen-bond donors (Lipinski definition) is 1. The Kier molecular flexibility index (Phi) is 5.55. The Hall–Kier alpha value is -2.25. The second-order valence-electron chi connectivity index (χ2n) is 5.12. The molecule has 1 aromatic carbocycles. The maximum Gasteiger partial charge on any atom is 0.284 e. The molecule has 126 valence electrons. The maximum absolute atomic E-state index is 10.0. The Morgan fingerprint density at radius 3 is 2.75 bits per heavy atom. The van der Waals surface area contributed by atoms with E-state index >= 15 is 0 Å². The van der Waals surface area contributed by atoms with Crippen molar-refractivity contribution in [1.29, 1.82) is 0 Å². The zero-order valence-electron chi connectivity index (χ0n) is 13.2. The third kappa shape index (κ3) is 4.39. The molecule has 0 bridgehead atoms. The lowest BCUT2D eigenvalue weighted by molar-refractivity contribution is 0.126. The topological polar surface area (TPSA) is 81.5 Å². The van der Waals surface area contributed by atoms with Gasteiger partial charge < -0.3 is 18.7 Å². The molecule has 0 aliphatic heterocycles. The molecule has 6 nitrogen and oxygen atoms in total. The molecule has 3 aromatic rings. The standard InChI is InChI=1S/C17H18N2O4S/c1-2-12-5-7-14(8-6-12)22-10-13(20)11-24-17-19-18-16(23-17)15-4-3-9-21-15/h3-9,13,20H,2,10-11H2,1H3/t13-/m0/s1. The Balaban J connectivity index is 1.44. The van der Waals surface area contributed by atoms with Crippen molar-refractivity contribution in [2.75, 3.05) is 12.4 Å². The number of thioether (sulfide) groups is 1. The van der Waals surface area contributed by atoms with E-state index in [0.717, 1.165) is 12.2 Å². The number of benzene rings is 1. The predicted molar refractivity (Wildman–Crippen MR) is 90.0 cm³/mol. The molecular weight excluding hydrogens is 328 g/mol. The van der Waals surface area contributed by atoms with Crippen molar-refractivity contribution in [1.82, 2.24) is 10.2 Å². The van der Waals surface area contributed by atoms with Gasteiger partial charge in [-0.1, -0.05) is 30.8 Å². The average Bonchev–Trinajstić information content (AvgIpc) is 3.29. The van der Waals surface area contributed by atoms with Crippen LogP contribution in [0.1, 0.15) is 12.5 Å². The van der Waals surface area contributed by atoms with Gasteiger partial charge in [-0.2, -0.15) is 0 Å². The summed E-state index contributed by atoms with van der Waals surface area (Å²) in [6.07, 6.45) is 1.89. The summed E-state index contributed by atoms with van der Waals surface area (Å²) in [4.78, 5) is 0. The van der Waals surface area contributed by atoms with Crippen LogP contribution in [0, 0.1) is 0 Å². The van der Waals surface area contributed by atoms with Crippen LogP contribution in [0.2, 0.25) is 0 Å². The van der Waals surface area contributed by atoms with Crippen molar-refractivity contribution < 1.29 is 18.7 Å². The van der Waals surface area contributed by atoms with E-state index in [4.69, 9.17) is 13.6 Å². The largest absolute Gasteiger partial charge is 0.491 e. The van der Waals surface area contributed by atoms with Gasteiger partial charge >= 0.3 is 0 Å². The molecule has 0 saturated carbocycles. The summed E-state index contributed by atoms with van der Waals surface area (Å²) < 4.78 is 16.2.